The van der Waals surface area contributed by atoms with Crippen LogP contribution in [0.4, 0.5) is 0 Å². The molecule has 1 aromatic carbocycles. The van der Waals surface area contributed by atoms with Crippen LogP contribution in [0.2, 0.25) is 0 Å². The molecule has 0 aliphatic rings. The summed E-state index contributed by atoms with van der Waals surface area (Å²) in [6, 6.07) is 9.09. The third kappa shape index (κ3) is 3.41. The van der Waals surface area contributed by atoms with E-state index < -0.39 is 10.0 Å². The molecular weight excluding hydrogens is 250 g/mol. The van der Waals surface area contributed by atoms with Gasteiger partial charge in [0.05, 0.1) is 12.3 Å². The molecule has 0 aliphatic heterocycles. The predicted molar refractivity (Wildman–Crippen MR) is 69.1 cm³/mol. The van der Waals surface area contributed by atoms with Crippen molar-refractivity contribution < 1.29 is 8.42 Å². The number of aromatic nitrogens is 2. The highest BCUT2D eigenvalue weighted by Gasteiger charge is 2.12. The minimum Gasteiger partial charge on any atom is -0.337 e. The van der Waals surface area contributed by atoms with Crippen molar-refractivity contribution in [1.29, 1.82) is 0 Å². The van der Waals surface area contributed by atoms with Gasteiger partial charge >= 0.3 is 0 Å². The Hall–Kier alpha value is -1.66. The van der Waals surface area contributed by atoms with Gasteiger partial charge in [-0.15, -0.1) is 0 Å². The highest BCUT2D eigenvalue weighted by Crippen LogP contribution is 2.04. The van der Waals surface area contributed by atoms with Gasteiger partial charge in [-0.25, -0.2) is 18.1 Å². The summed E-state index contributed by atoms with van der Waals surface area (Å²) < 4.78 is 28.0. The first-order chi connectivity index (χ1) is 8.57. The van der Waals surface area contributed by atoms with Crippen molar-refractivity contribution in [2.45, 2.75) is 12.3 Å². The summed E-state index contributed by atoms with van der Waals surface area (Å²) in [5, 5.41) is 0. The number of benzene rings is 1. The van der Waals surface area contributed by atoms with E-state index in [4.69, 9.17) is 0 Å². The maximum absolute atomic E-state index is 11.9. The van der Waals surface area contributed by atoms with Crippen LogP contribution < -0.4 is 4.72 Å². The van der Waals surface area contributed by atoms with E-state index in [-0.39, 0.29) is 12.3 Å². The Balaban J connectivity index is 1.98. The Morgan fingerprint density at radius 1 is 1.28 bits per heavy atom. The standard InChI is InChI=1S/C12H15N3O2S/c1-15-8-7-13-12(15)9-14-18(16,17)10-11-5-3-2-4-6-11/h2-8,14H,9-10H2,1H3. The molecule has 2 aromatic rings. The molecule has 1 N–H and O–H groups in total. The fourth-order valence-corrected chi connectivity index (χ4v) is 2.67. The van der Waals surface area contributed by atoms with Crippen LogP contribution in [0.25, 0.3) is 0 Å². The van der Waals surface area contributed by atoms with Gasteiger partial charge in [-0.2, -0.15) is 0 Å². The maximum Gasteiger partial charge on any atom is 0.216 e. The summed E-state index contributed by atoms with van der Waals surface area (Å²) in [7, 11) is -1.50. The van der Waals surface area contributed by atoms with Crippen LogP contribution in [0, 0.1) is 0 Å². The number of nitrogens with one attached hydrogen (secondary N) is 1. The molecule has 0 aliphatic carbocycles. The molecular formula is C12H15N3O2S. The van der Waals surface area contributed by atoms with Crippen LogP contribution in [0.3, 0.4) is 0 Å². The van der Waals surface area contributed by atoms with Crippen LogP contribution in [0.5, 0.6) is 0 Å². The predicted octanol–water partition coefficient (Wildman–Crippen LogP) is 1.04. The lowest BCUT2D eigenvalue weighted by Crippen LogP contribution is -2.26. The monoisotopic (exact) mass is 265 g/mol. The first-order valence-corrected chi connectivity index (χ1v) is 7.19. The van der Waals surface area contributed by atoms with Gasteiger partial charge in [0, 0.05) is 19.4 Å². The van der Waals surface area contributed by atoms with Crippen molar-refractivity contribution >= 4 is 10.0 Å². The van der Waals surface area contributed by atoms with Gasteiger partial charge in [0.25, 0.3) is 0 Å². The second kappa shape index (κ2) is 5.32. The lowest BCUT2D eigenvalue weighted by atomic mass is 10.2. The molecule has 0 saturated carbocycles. The van der Waals surface area contributed by atoms with Crippen molar-refractivity contribution in [1.82, 2.24) is 14.3 Å². The van der Waals surface area contributed by atoms with Gasteiger partial charge in [0.1, 0.15) is 5.82 Å². The van der Waals surface area contributed by atoms with E-state index in [9.17, 15) is 8.42 Å². The highest BCUT2D eigenvalue weighted by molar-refractivity contribution is 7.88. The number of hydrogen-bond acceptors (Lipinski definition) is 3. The Morgan fingerprint density at radius 3 is 2.61 bits per heavy atom. The van der Waals surface area contributed by atoms with E-state index in [1.807, 2.05) is 25.2 Å². The quantitative estimate of drug-likeness (QED) is 0.878. The van der Waals surface area contributed by atoms with E-state index >= 15 is 0 Å². The smallest absolute Gasteiger partial charge is 0.216 e. The van der Waals surface area contributed by atoms with E-state index in [0.717, 1.165) is 5.56 Å². The molecule has 0 amide bonds. The van der Waals surface area contributed by atoms with Gasteiger partial charge < -0.3 is 4.57 Å². The zero-order valence-corrected chi connectivity index (χ0v) is 10.9. The van der Waals surface area contributed by atoms with E-state index in [2.05, 4.69) is 9.71 Å². The molecule has 0 fully saturated rings. The van der Waals surface area contributed by atoms with Crippen molar-refractivity contribution in [2.24, 2.45) is 7.05 Å². The summed E-state index contributed by atoms with van der Waals surface area (Å²) in [6.07, 6.45) is 3.42. The first-order valence-electron chi connectivity index (χ1n) is 5.54. The fraction of sp³-hybridized carbons (Fsp3) is 0.250. The molecule has 2 rings (SSSR count). The normalized spacial score (nSPS) is 11.6. The molecule has 18 heavy (non-hydrogen) atoms. The molecule has 0 radical (unpaired) electrons. The number of aryl methyl sites for hydroxylation is 1. The third-order valence-corrected chi connectivity index (χ3v) is 3.87. The first kappa shape index (κ1) is 12.8. The summed E-state index contributed by atoms with van der Waals surface area (Å²) in [6.45, 7) is 0.207. The van der Waals surface area contributed by atoms with Crippen molar-refractivity contribution in [3.05, 3.63) is 54.1 Å². The Kier molecular flexibility index (Phi) is 3.78. The Labute approximate surface area is 107 Å². The molecule has 5 nitrogen and oxygen atoms in total. The molecule has 0 spiro atoms. The van der Waals surface area contributed by atoms with Crippen LogP contribution in [-0.4, -0.2) is 18.0 Å². The topological polar surface area (TPSA) is 64.0 Å². The molecule has 1 aromatic heterocycles. The molecule has 0 atom stereocenters. The van der Waals surface area contributed by atoms with Gasteiger partial charge in [-0.3, -0.25) is 0 Å². The van der Waals surface area contributed by atoms with Crippen LogP contribution >= 0.6 is 0 Å². The minimum absolute atomic E-state index is 0.0156. The van der Waals surface area contributed by atoms with E-state index in [1.165, 1.54) is 0 Å². The fourth-order valence-electron chi connectivity index (χ4n) is 1.59. The number of imidazole rings is 1. The zero-order valence-electron chi connectivity index (χ0n) is 10.1. The second-order valence-electron chi connectivity index (χ2n) is 4.02. The lowest BCUT2D eigenvalue weighted by Gasteiger charge is -2.06. The number of sulfonamides is 1. The molecule has 6 heteroatoms. The van der Waals surface area contributed by atoms with Crippen LogP contribution in [-0.2, 0) is 29.4 Å². The molecule has 0 bridgehead atoms. The molecule has 0 unspecified atom stereocenters. The van der Waals surface area contributed by atoms with Crippen molar-refractivity contribution in [3.8, 4) is 0 Å². The average molecular weight is 265 g/mol. The maximum atomic E-state index is 11.9. The summed E-state index contributed by atoms with van der Waals surface area (Å²) in [4.78, 5) is 4.06. The van der Waals surface area contributed by atoms with Crippen molar-refractivity contribution in [2.75, 3.05) is 0 Å². The average Bonchev–Trinajstić information content (AvgIpc) is 2.73. The van der Waals surface area contributed by atoms with Crippen LogP contribution in [0.15, 0.2) is 42.7 Å². The van der Waals surface area contributed by atoms with Crippen LogP contribution in [0.1, 0.15) is 11.4 Å². The number of hydrogen-bond donors (Lipinski definition) is 1. The minimum atomic E-state index is -3.33. The van der Waals surface area contributed by atoms with Crippen molar-refractivity contribution in [3.63, 3.8) is 0 Å². The highest BCUT2D eigenvalue weighted by atomic mass is 32.2. The summed E-state index contributed by atoms with van der Waals surface area (Å²) >= 11 is 0. The van der Waals surface area contributed by atoms with Gasteiger partial charge in [0.15, 0.2) is 0 Å². The largest absolute Gasteiger partial charge is 0.337 e. The molecule has 1 heterocycles. The zero-order chi connectivity index (χ0) is 13.0. The van der Waals surface area contributed by atoms with Gasteiger partial charge in [-0.1, -0.05) is 30.3 Å². The van der Waals surface area contributed by atoms with E-state index in [1.54, 1.807) is 29.1 Å². The third-order valence-electron chi connectivity index (χ3n) is 2.57. The molecule has 0 saturated heterocycles. The molecule has 96 valence electrons. The Morgan fingerprint density at radius 2 is 2.00 bits per heavy atom. The number of nitrogens with zero attached hydrogens (tertiary/aromatic N) is 2. The van der Waals surface area contributed by atoms with Gasteiger partial charge in [-0.05, 0) is 5.56 Å². The van der Waals surface area contributed by atoms with E-state index in [0.29, 0.717) is 5.82 Å². The lowest BCUT2D eigenvalue weighted by molar-refractivity contribution is 0.576. The second-order valence-corrected chi connectivity index (χ2v) is 5.83. The van der Waals surface area contributed by atoms with Gasteiger partial charge in [0.2, 0.25) is 10.0 Å². The SMILES string of the molecule is Cn1ccnc1CNS(=O)(=O)Cc1ccccc1. The summed E-state index contributed by atoms with van der Waals surface area (Å²) in [5.41, 5.74) is 0.768. The number of rotatable bonds is 5. The summed E-state index contributed by atoms with van der Waals surface area (Å²) in [5.74, 6) is 0.671. The Bertz CT molecular complexity index is 605.